The Labute approximate surface area is 146 Å². The zero-order valence-electron chi connectivity index (χ0n) is 14.3. The molecule has 0 bridgehead atoms. The molecule has 1 unspecified atom stereocenters. The Bertz CT molecular complexity index is 643. The van der Waals surface area contributed by atoms with Crippen molar-refractivity contribution in [2.24, 2.45) is 11.0 Å². The number of hydrogen-bond donors (Lipinski definition) is 1. The lowest BCUT2D eigenvalue weighted by molar-refractivity contribution is 0.364. The number of thioether (sulfide) groups is 1. The van der Waals surface area contributed by atoms with E-state index in [1.54, 1.807) is 20.3 Å². The smallest absolute Gasteiger partial charge is 0.220 e. The van der Waals surface area contributed by atoms with Gasteiger partial charge in [0, 0.05) is 6.21 Å². The van der Waals surface area contributed by atoms with E-state index >= 15 is 0 Å². The second-order valence-electron chi connectivity index (χ2n) is 5.32. The minimum absolute atomic E-state index is 0.109. The fourth-order valence-electron chi connectivity index (χ4n) is 1.80. The van der Waals surface area contributed by atoms with Crippen LogP contribution in [0.3, 0.4) is 0 Å². The summed E-state index contributed by atoms with van der Waals surface area (Å²) in [4.78, 5) is 8.71. The Morgan fingerprint density at radius 3 is 2.25 bits per heavy atom. The number of rotatable bonds is 8. The van der Waals surface area contributed by atoms with Crippen molar-refractivity contribution in [3.63, 3.8) is 0 Å². The first-order valence-electron chi connectivity index (χ1n) is 7.60. The summed E-state index contributed by atoms with van der Waals surface area (Å²) in [6, 6.07) is 11.5. The SMILES string of the molecule is COc1cc(OC)nc(SC(C=NNc2ccccc2)C(C)C)n1. The Kier molecular flexibility index (Phi) is 6.87. The molecule has 0 aliphatic heterocycles. The number of anilines is 1. The first-order chi connectivity index (χ1) is 11.6. The topological polar surface area (TPSA) is 68.6 Å². The first-order valence-corrected chi connectivity index (χ1v) is 8.48. The van der Waals surface area contributed by atoms with Gasteiger partial charge in [-0.25, -0.2) is 0 Å². The number of methoxy groups -OCH3 is 2. The van der Waals surface area contributed by atoms with Crippen LogP contribution in [0.15, 0.2) is 46.7 Å². The van der Waals surface area contributed by atoms with Crippen molar-refractivity contribution in [2.45, 2.75) is 24.3 Å². The van der Waals surface area contributed by atoms with Gasteiger partial charge in [0.2, 0.25) is 11.8 Å². The summed E-state index contributed by atoms with van der Waals surface area (Å²) in [5, 5.41) is 5.03. The molecule has 128 valence electrons. The predicted molar refractivity (Wildman–Crippen MR) is 98.2 cm³/mol. The maximum atomic E-state index is 5.19. The molecular weight excluding hydrogens is 324 g/mol. The van der Waals surface area contributed by atoms with Crippen LogP contribution in [-0.2, 0) is 0 Å². The van der Waals surface area contributed by atoms with E-state index in [1.807, 2.05) is 36.5 Å². The quantitative estimate of drug-likeness (QED) is 0.340. The third-order valence-electron chi connectivity index (χ3n) is 3.16. The minimum atomic E-state index is 0.109. The molecule has 0 aliphatic rings. The van der Waals surface area contributed by atoms with Crippen LogP contribution >= 0.6 is 11.8 Å². The van der Waals surface area contributed by atoms with Crippen LogP contribution in [0.4, 0.5) is 5.69 Å². The average molecular weight is 346 g/mol. The summed E-state index contributed by atoms with van der Waals surface area (Å²) >= 11 is 1.52. The average Bonchev–Trinajstić information content (AvgIpc) is 2.61. The minimum Gasteiger partial charge on any atom is -0.481 e. The van der Waals surface area contributed by atoms with Crippen molar-refractivity contribution >= 4 is 23.7 Å². The Hall–Kier alpha value is -2.28. The summed E-state index contributed by atoms with van der Waals surface area (Å²) in [5.74, 6) is 1.31. The molecule has 0 fully saturated rings. The van der Waals surface area contributed by atoms with E-state index in [1.165, 1.54) is 11.8 Å². The van der Waals surface area contributed by atoms with Gasteiger partial charge < -0.3 is 9.47 Å². The van der Waals surface area contributed by atoms with Crippen molar-refractivity contribution in [3.8, 4) is 11.8 Å². The van der Waals surface area contributed by atoms with E-state index in [-0.39, 0.29) is 5.25 Å². The van der Waals surface area contributed by atoms with E-state index in [4.69, 9.17) is 9.47 Å². The van der Waals surface area contributed by atoms with E-state index in [0.717, 1.165) is 5.69 Å². The van der Waals surface area contributed by atoms with Gasteiger partial charge >= 0.3 is 0 Å². The molecule has 2 aromatic rings. The number of nitrogens with one attached hydrogen (secondary N) is 1. The third-order valence-corrected chi connectivity index (χ3v) is 4.50. The molecule has 0 saturated heterocycles. The zero-order valence-corrected chi connectivity index (χ0v) is 15.1. The van der Waals surface area contributed by atoms with Crippen LogP contribution in [-0.4, -0.2) is 35.7 Å². The van der Waals surface area contributed by atoms with Gasteiger partial charge in [0.1, 0.15) is 0 Å². The van der Waals surface area contributed by atoms with Crippen LogP contribution in [0.2, 0.25) is 0 Å². The molecule has 24 heavy (non-hydrogen) atoms. The summed E-state index contributed by atoms with van der Waals surface area (Å²) in [6.07, 6.45) is 1.87. The van der Waals surface area contributed by atoms with Gasteiger partial charge in [-0.1, -0.05) is 43.8 Å². The molecule has 7 heteroatoms. The summed E-state index contributed by atoms with van der Waals surface area (Å²) < 4.78 is 10.4. The van der Waals surface area contributed by atoms with Crippen LogP contribution in [0.1, 0.15) is 13.8 Å². The fraction of sp³-hybridized carbons (Fsp3) is 0.353. The molecule has 0 saturated carbocycles. The van der Waals surface area contributed by atoms with Gasteiger partial charge in [0.15, 0.2) is 5.16 Å². The number of benzene rings is 1. The van der Waals surface area contributed by atoms with E-state index in [0.29, 0.717) is 22.8 Å². The number of ether oxygens (including phenoxy) is 2. The van der Waals surface area contributed by atoms with Gasteiger partial charge in [-0.3, -0.25) is 5.43 Å². The number of hydrazone groups is 1. The lowest BCUT2D eigenvalue weighted by atomic mass is 10.1. The summed E-state index contributed by atoms with van der Waals surface area (Å²) in [7, 11) is 3.14. The highest BCUT2D eigenvalue weighted by molar-refractivity contribution is 8.00. The molecule has 0 amide bonds. The highest BCUT2D eigenvalue weighted by atomic mass is 32.2. The molecule has 0 aliphatic carbocycles. The highest BCUT2D eigenvalue weighted by Crippen LogP contribution is 2.27. The molecule has 1 atom stereocenters. The molecule has 6 nitrogen and oxygen atoms in total. The molecule has 1 N–H and O–H groups in total. The lowest BCUT2D eigenvalue weighted by Crippen LogP contribution is -2.14. The van der Waals surface area contributed by atoms with Crippen LogP contribution in [0, 0.1) is 5.92 Å². The lowest BCUT2D eigenvalue weighted by Gasteiger charge is -2.15. The van der Waals surface area contributed by atoms with Crippen LogP contribution in [0.25, 0.3) is 0 Å². The van der Waals surface area contributed by atoms with E-state index < -0.39 is 0 Å². The predicted octanol–water partition coefficient (Wildman–Crippen LogP) is 3.71. The highest BCUT2D eigenvalue weighted by Gasteiger charge is 2.16. The molecule has 1 aromatic carbocycles. The number of hydrogen-bond acceptors (Lipinski definition) is 7. The Morgan fingerprint density at radius 1 is 1.08 bits per heavy atom. The maximum Gasteiger partial charge on any atom is 0.220 e. The van der Waals surface area contributed by atoms with Gasteiger partial charge in [0.25, 0.3) is 0 Å². The standard InChI is InChI=1S/C17H22N4O2S/c1-12(2)14(11-18-21-13-8-6-5-7-9-13)24-17-19-15(22-3)10-16(20-17)23-4/h5-12,14,21H,1-4H3. The Morgan fingerprint density at radius 2 is 1.71 bits per heavy atom. The molecule has 1 aromatic heterocycles. The monoisotopic (exact) mass is 346 g/mol. The molecule has 0 spiro atoms. The normalized spacial score (nSPS) is 12.4. The molecule has 2 rings (SSSR count). The van der Waals surface area contributed by atoms with Gasteiger partial charge in [-0.05, 0) is 18.1 Å². The van der Waals surface area contributed by atoms with Crippen LogP contribution in [0.5, 0.6) is 11.8 Å². The van der Waals surface area contributed by atoms with Crippen LogP contribution < -0.4 is 14.9 Å². The summed E-state index contributed by atoms with van der Waals surface area (Å²) in [5.41, 5.74) is 3.97. The Balaban J connectivity index is 2.08. The van der Waals surface area contributed by atoms with Crippen molar-refractivity contribution in [1.29, 1.82) is 0 Å². The first kappa shape index (κ1) is 18.1. The van der Waals surface area contributed by atoms with Crippen molar-refractivity contribution in [3.05, 3.63) is 36.4 Å². The largest absolute Gasteiger partial charge is 0.481 e. The van der Waals surface area contributed by atoms with E-state index in [9.17, 15) is 0 Å². The van der Waals surface area contributed by atoms with Gasteiger partial charge in [0.05, 0.1) is 31.2 Å². The van der Waals surface area contributed by atoms with Crippen molar-refractivity contribution < 1.29 is 9.47 Å². The maximum absolute atomic E-state index is 5.19. The molecule has 0 radical (unpaired) electrons. The second kappa shape index (κ2) is 9.12. The third kappa shape index (κ3) is 5.42. The van der Waals surface area contributed by atoms with Crippen molar-refractivity contribution in [1.82, 2.24) is 9.97 Å². The van der Waals surface area contributed by atoms with E-state index in [2.05, 4.69) is 34.3 Å². The number of nitrogens with zero attached hydrogens (tertiary/aromatic N) is 3. The number of para-hydroxylation sites is 1. The fourth-order valence-corrected chi connectivity index (χ4v) is 2.73. The van der Waals surface area contributed by atoms with Gasteiger partial charge in [-0.15, -0.1) is 0 Å². The number of aromatic nitrogens is 2. The van der Waals surface area contributed by atoms with Gasteiger partial charge in [-0.2, -0.15) is 15.1 Å². The molecular formula is C17H22N4O2S. The summed E-state index contributed by atoms with van der Waals surface area (Å²) in [6.45, 7) is 4.26. The molecule has 1 heterocycles. The van der Waals surface area contributed by atoms with Crippen molar-refractivity contribution in [2.75, 3.05) is 19.6 Å². The zero-order chi connectivity index (χ0) is 17.4. The second-order valence-corrected chi connectivity index (χ2v) is 6.46.